The summed E-state index contributed by atoms with van der Waals surface area (Å²) in [5, 5.41) is 9.84. The number of hydrogen-bond donors (Lipinski definition) is 2. The summed E-state index contributed by atoms with van der Waals surface area (Å²) in [6.07, 6.45) is 9.09. The first-order valence-corrected chi connectivity index (χ1v) is 13.2. The Morgan fingerprint density at radius 2 is 1.82 bits per heavy atom. The van der Waals surface area contributed by atoms with Gasteiger partial charge in [-0.15, -0.1) is 0 Å². The molecule has 0 aliphatic heterocycles. The number of sulfonamides is 1. The lowest BCUT2D eigenvalue weighted by atomic mass is 9.87. The number of aryl methyl sites for hydroxylation is 1. The Kier molecular flexibility index (Phi) is 8.69. The number of aromatic carboxylic acids is 1. The summed E-state index contributed by atoms with van der Waals surface area (Å²) in [6, 6.07) is 10.2. The quantitative estimate of drug-likeness (QED) is 0.441. The van der Waals surface area contributed by atoms with E-state index in [1.54, 1.807) is 30.3 Å². The summed E-state index contributed by atoms with van der Waals surface area (Å²) >= 11 is 0. The minimum Gasteiger partial charge on any atom is -0.478 e. The van der Waals surface area contributed by atoms with Gasteiger partial charge in [-0.3, -0.25) is 4.72 Å². The molecule has 0 saturated carbocycles. The number of unbranched alkanes of at least 4 members (excludes halogenated alkanes) is 1. The second-order valence-corrected chi connectivity index (χ2v) is 10.0. The van der Waals surface area contributed by atoms with Crippen LogP contribution in [0.4, 0.5) is 5.69 Å². The molecule has 0 saturated heterocycles. The number of carbonyl (C=O) groups is 1. The molecule has 0 radical (unpaired) electrons. The van der Waals surface area contributed by atoms with Gasteiger partial charge in [-0.2, -0.15) is 0 Å². The van der Waals surface area contributed by atoms with Gasteiger partial charge in [0, 0.05) is 0 Å². The predicted molar refractivity (Wildman–Crippen MR) is 133 cm³/mol. The number of nitrogens with one attached hydrogen (secondary N) is 1. The predicted octanol–water partition coefficient (Wildman–Crippen LogP) is 5.20. The van der Waals surface area contributed by atoms with Gasteiger partial charge in [-0.25, -0.2) is 13.2 Å². The fourth-order valence-corrected chi connectivity index (χ4v) is 5.68. The molecule has 6 nitrogen and oxygen atoms in total. The Bertz CT molecular complexity index is 1110. The van der Waals surface area contributed by atoms with Crippen molar-refractivity contribution in [3.63, 3.8) is 0 Å². The van der Waals surface area contributed by atoms with Crippen LogP contribution in [0.25, 0.3) is 6.08 Å². The van der Waals surface area contributed by atoms with Gasteiger partial charge in [0.2, 0.25) is 0 Å². The van der Waals surface area contributed by atoms with Gasteiger partial charge in [-0.1, -0.05) is 50.3 Å². The molecule has 1 aliphatic carbocycles. The number of anilines is 1. The van der Waals surface area contributed by atoms with Crippen molar-refractivity contribution in [1.82, 2.24) is 4.90 Å². The summed E-state index contributed by atoms with van der Waals surface area (Å²) < 4.78 is 29.1. The number of benzene rings is 2. The van der Waals surface area contributed by atoms with Crippen LogP contribution in [0, 0.1) is 0 Å². The second kappa shape index (κ2) is 11.5. The summed E-state index contributed by atoms with van der Waals surface area (Å²) in [5.41, 5.74) is 2.52. The van der Waals surface area contributed by atoms with Gasteiger partial charge < -0.3 is 10.0 Å². The van der Waals surface area contributed by atoms with Crippen molar-refractivity contribution in [2.24, 2.45) is 0 Å². The normalized spacial score (nSPS) is 13.9. The van der Waals surface area contributed by atoms with E-state index in [0.717, 1.165) is 62.9 Å². The van der Waals surface area contributed by atoms with E-state index in [1.165, 1.54) is 0 Å². The van der Waals surface area contributed by atoms with Crippen molar-refractivity contribution < 1.29 is 18.3 Å². The monoisotopic (exact) mass is 470 g/mol. The Hall–Kier alpha value is -2.64. The number of fused-ring (bicyclic) bond motifs is 1. The summed E-state index contributed by atoms with van der Waals surface area (Å²) in [5.74, 6) is -1.10. The molecule has 7 heteroatoms. The van der Waals surface area contributed by atoms with Crippen molar-refractivity contribution in [2.75, 3.05) is 24.4 Å². The van der Waals surface area contributed by atoms with Crippen LogP contribution in [-0.2, 0) is 22.9 Å². The molecule has 0 aromatic heterocycles. The summed E-state index contributed by atoms with van der Waals surface area (Å²) in [4.78, 5) is 14.5. The molecule has 0 unspecified atom stereocenters. The van der Waals surface area contributed by atoms with E-state index in [9.17, 15) is 18.3 Å². The zero-order chi connectivity index (χ0) is 23.8. The SMILES string of the molecule is CCN(CC)CCCC=Cc1ccccc1S(=O)(=O)Nc1ccc2c(c1C(=O)O)CCCC2. The van der Waals surface area contributed by atoms with Crippen LogP contribution in [-0.4, -0.2) is 44.0 Å². The molecule has 33 heavy (non-hydrogen) atoms. The second-order valence-electron chi connectivity index (χ2n) is 8.35. The van der Waals surface area contributed by atoms with Crippen LogP contribution < -0.4 is 4.72 Å². The highest BCUT2D eigenvalue weighted by atomic mass is 32.2. The molecule has 0 heterocycles. The number of carboxylic acids is 1. The van der Waals surface area contributed by atoms with Crippen molar-refractivity contribution in [1.29, 1.82) is 0 Å². The Morgan fingerprint density at radius 1 is 1.09 bits per heavy atom. The first-order valence-electron chi connectivity index (χ1n) is 11.8. The number of allylic oxidation sites excluding steroid dienone is 1. The Balaban J connectivity index is 1.82. The van der Waals surface area contributed by atoms with E-state index < -0.39 is 16.0 Å². The third-order valence-electron chi connectivity index (χ3n) is 6.24. The zero-order valence-corrected chi connectivity index (χ0v) is 20.3. The lowest BCUT2D eigenvalue weighted by Crippen LogP contribution is -2.23. The maximum Gasteiger partial charge on any atom is 0.338 e. The van der Waals surface area contributed by atoms with Crippen molar-refractivity contribution in [2.45, 2.75) is 57.3 Å². The molecule has 0 spiro atoms. The highest BCUT2D eigenvalue weighted by molar-refractivity contribution is 7.92. The molecule has 2 aromatic rings. The maximum atomic E-state index is 13.3. The van der Waals surface area contributed by atoms with Gasteiger partial charge in [0.1, 0.15) is 0 Å². The number of rotatable bonds is 11. The molecule has 0 amide bonds. The van der Waals surface area contributed by atoms with Crippen LogP contribution in [0.3, 0.4) is 0 Å². The minimum atomic E-state index is -3.96. The third-order valence-corrected chi connectivity index (χ3v) is 7.68. The number of nitrogens with zero attached hydrogens (tertiary/aromatic N) is 1. The number of carboxylic acid groups (broad SMARTS) is 1. The van der Waals surface area contributed by atoms with Gasteiger partial charge in [-0.05, 0) is 87.0 Å². The molecule has 3 rings (SSSR count). The van der Waals surface area contributed by atoms with E-state index in [4.69, 9.17) is 0 Å². The molecular weight excluding hydrogens is 436 g/mol. The molecule has 0 fully saturated rings. The molecule has 2 aromatic carbocycles. The Labute approximate surface area is 197 Å². The Morgan fingerprint density at radius 3 is 2.55 bits per heavy atom. The highest BCUT2D eigenvalue weighted by Crippen LogP contribution is 2.31. The molecule has 178 valence electrons. The van der Waals surface area contributed by atoms with E-state index in [1.807, 2.05) is 18.2 Å². The molecule has 1 aliphatic rings. The molecule has 0 atom stereocenters. The first kappa shape index (κ1) is 25.0. The average Bonchev–Trinajstić information content (AvgIpc) is 2.81. The van der Waals surface area contributed by atoms with Gasteiger partial charge in [0.05, 0.1) is 16.1 Å². The largest absolute Gasteiger partial charge is 0.478 e. The van der Waals surface area contributed by atoms with E-state index in [0.29, 0.717) is 12.0 Å². The minimum absolute atomic E-state index is 0.0696. The fraction of sp³-hybridized carbons (Fsp3) is 0.423. The van der Waals surface area contributed by atoms with E-state index in [2.05, 4.69) is 23.5 Å². The van der Waals surface area contributed by atoms with Gasteiger partial charge in [0.25, 0.3) is 10.0 Å². The smallest absolute Gasteiger partial charge is 0.338 e. The lowest BCUT2D eigenvalue weighted by molar-refractivity contribution is 0.0696. The lowest BCUT2D eigenvalue weighted by Gasteiger charge is -2.21. The van der Waals surface area contributed by atoms with Gasteiger partial charge >= 0.3 is 5.97 Å². The van der Waals surface area contributed by atoms with Crippen LogP contribution in [0.15, 0.2) is 47.4 Å². The van der Waals surface area contributed by atoms with Crippen LogP contribution in [0.2, 0.25) is 0 Å². The van der Waals surface area contributed by atoms with Gasteiger partial charge in [0.15, 0.2) is 0 Å². The van der Waals surface area contributed by atoms with E-state index >= 15 is 0 Å². The molecule has 0 bridgehead atoms. The van der Waals surface area contributed by atoms with Crippen molar-refractivity contribution in [3.05, 3.63) is 64.7 Å². The highest BCUT2D eigenvalue weighted by Gasteiger charge is 2.25. The first-order chi connectivity index (χ1) is 15.9. The standard InChI is InChI=1S/C26H34N2O4S/c1-3-28(4-2)19-11-5-6-13-21-14-8-10-16-24(21)33(31,32)27-23-18-17-20-12-7-9-15-22(20)25(23)26(29)30/h6,8,10,13-14,16-18,27H,3-5,7,9,11-12,15,19H2,1-2H3,(H,29,30). The summed E-state index contributed by atoms with van der Waals surface area (Å²) in [6.45, 7) is 7.34. The van der Waals surface area contributed by atoms with Crippen molar-refractivity contribution in [3.8, 4) is 0 Å². The zero-order valence-electron chi connectivity index (χ0n) is 19.5. The van der Waals surface area contributed by atoms with Crippen LogP contribution >= 0.6 is 0 Å². The maximum absolute atomic E-state index is 13.3. The average molecular weight is 471 g/mol. The van der Waals surface area contributed by atoms with Crippen LogP contribution in [0.1, 0.15) is 66.6 Å². The molecule has 2 N–H and O–H groups in total. The molecular formula is C26H34N2O4S. The van der Waals surface area contributed by atoms with E-state index in [-0.39, 0.29) is 16.1 Å². The third kappa shape index (κ3) is 6.24. The van der Waals surface area contributed by atoms with Crippen LogP contribution in [0.5, 0.6) is 0 Å². The summed E-state index contributed by atoms with van der Waals surface area (Å²) in [7, 11) is -3.96. The van der Waals surface area contributed by atoms with Crippen molar-refractivity contribution >= 4 is 27.8 Å². The number of hydrogen-bond acceptors (Lipinski definition) is 4. The fourth-order valence-electron chi connectivity index (χ4n) is 4.40. The topological polar surface area (TPSA) is 86.7 Å².